The summed E-state index contributed by atoms with van der Waals surface area (Å²) in [4.78, 5) is 31.7. The molecule has 0 atom stereocenters. The first kappa shape index (κ1) is 25.1. The molecule has 2 aliphatic rings. The van der Waals surface area contributed by atoms with Crippen LogP contribution in [-0.2, 0) is 17.9 Å². The second-order valence-electron chi connectivity index (χ2n) is 10.8. The Morgan fingerprint density at radius 3 is 2.69 bits per heavy atom. The van der Waals surface area contributed by atoms with Crippen molar-refractivity contribution in [3.05, 3.63) is 107 Å². The maximum absolute atomic E-state index is 12.9. The van der Waals surface area contributed by atoms with Crippen molar-refractivity contribution in [3.63, 3.8) is 0 Å². The fraction of sp³-hybridized carbons (Fsp3) is 0.281. The number of amides is 1. The normalized spacial score (nSPS) is 16.8. The minimum absolute atomic E-state index is 0.0258. The molecule has 1 fully saturated rings. The number of aromatic amines is 1. The van der Waals surface area contributed by atoms with E-state index in [1.165, 1.54) is 18.4 Å². The molecular formula is C32H33N5O2. The standard InChI is InChI=1S/C32H33N5O2/c1-22-11-13-36(14-12-22)19-24-7-9-29-25(15-24)16-30(35-29)28-17-27(8-10-31(28)38)34-32(39)26-18-33-37(21-26)20-23-5-3-2-4-6-23/h2-9,15-18,21-22,35H,10-14,19-20H2,1H3,(H,34,39). The molecule has 1 aliphatic carbocycles. The van der Waals surface area contributed by atoms with Crippen LogP contribution < -0.4 is 5.32 Å². The molecule has 0 saturated carbocycles. The van der Waals surface area contributed by atoms with Crippen LogP contribution in [0.25, 0.3) is 16.5 Å². The number of fused-ring (bicyclic) bond motifs is 1. The lowest BCUT2D eigenvalue weighted by Gasteiger charge is -2.30. The first-order valence-electron chi connectivity index (χ1n) is 13.7. The van der Waals surface area contributed by atoms with Gasteiger partial charge in [-0.1, -0.05) is 49.4 Å². The Morgan fingerprint density at radius 2 is 1.87 bits per heavy atom. The average molecular weight is 520 g/mol. The molecule has 39 heavy (non-hydrogen) atoms. The van der Waals surface area contributed by atoms with Crippen LogP contribution in [-0.4, -0.2) is 44.4 Å². The molecule has 2 N–H and O–H groups in total. The number of benzene rings is 2. The molecular weight excluding hydrogens is 486 g/mol. The van der Waals surface area contributed by atoms with Gasteiger partial charge in [-0.05, 0) is 67.3 Å². The summed E-state index contributed by atoms with van der Waals surface area (Å²) in [5.41, 5.74) is 5.84. The lowest BCUT2D eigenvalue weighted by atomic mass is 9.98. The van der Waals surface area contributed by atoms with Gasteiger partial charge in [0.1, 0.15) is 0 Å². The summed E-state index contributed by atoms with van der Waals surface area (Å²) in [7, 11) is 0. The maximum atomic E-state index is 12.9. The summed E-state index contributed by atoms with van der Waals surface area (Å²) < 4.78 is 1.74. The number of Topliss-reactive ketones (excluding diaryl/α,β-unsaturated/α-hetero) is 1. The van der Waals surface area contributed by atoms with Crippen molar-refractivity contribution in [3.8, 4) is 0 Å². The van der Waals surface area contributed by atoms with Crippen LogP contribution in [0.1, 0.15) is 53.4 Å². The van der Waals surface area contributed by atoms with Crippen LogP contribution in [0.3, 0.4) is 0 Å². The molecule has 4 aromatic rings. The minimum Gasteiger partial charge on any atom is -0.354 e. The number of hydrogen-bond donors (Lipinski definition) is 2. The van der Waals surface area contributed by atoms with Gasteiger partial charge in [-0.2, -0.15) is 5.10 Å². The zero-order valence-corrected chi connectivity index (χ0v) is 22.2. The van der Waals surface area contributed by atoms with Crippen LogP contribution in [0.4, 0.5) is 0 Å². The van der Waals surface area contributed by atoms with E-state index in [9.17, 15) is 9.59 Å². The fourth-order valence-electron chi connectivity index (χ4n) is 5.37. The number of H-pyrrole nitrogens is 1. The summed E-state index contributed by atoms with van der Waals surface area (Å²) in [6.45, 7) is 6.17. The third kappa shape index (κ3) is 5.78. The first-order chi connectivity index (χ1) is 19.0. The summed E-state index contributed by atoms with van der Waals surface area (Å²) in [5.74, 6) is 0.593. The molecule has 2 aromatic carbocycles. The maximum Gasteiger partial charge on any atom is 0.258 e. The molecule has 1 saturated heterocycles. The molecule has 6 rings (SSSR count). The predicted molar refractivity (Wildman–Crippen MR) is 153 cm³/mol. The largest absolute Gasteiger partial charge is 0.354 e. The number of rotatable bonds is 7. The first-order valence-corrected chi connectivity index (χ1v) is 13.7. The molecule has 198 valence electrons. The van der Waals surface area contributed by atoms with E-state index >= 15 is 0 Å². The van der Waals surface area contributed by atoms with Crippen LogP contribution in [0.2, 0.25) is 0 Å². The molecule has 3 heterocycles. The van der Waals surface area contributed by atoms with Gasteiger partial charge in [-0.3, -0.25) is 19.2 Å². The van der Waals surface area contributed by atoms with E-state index in [-0.39, 0.29) is 18.1 Å². The van der Waals surface area contributed by atoms with Gasteiger partial charge in [0.05, 0.1) is 24.0 Å². The van der Waals surface area contributed by atoms with Gasteiger partial charge in [0.25, 0.3) is 5.91 Å². The van der Waals surface area contributed by atoms with E-state index in [0.717, 1.165) is 47.7 Å². The Labute approximate surface area is 228 Å². The van der Waals surface area contributed by atoms with E-state index in [1.807, 2.05) is 36.4 Å². The van der Waals surface area contributed by atoms with Crippen molar-refractivity contribution < 1.29 is 9.59 Å². The quantitative estimate of drug-likeness (QED) is 0.346. The third-order valence-electron chi connectivity index (χ3n) is 7.71. The summed E-state index contributed by atoms with van der Waals surface area (Å²) in [6.07, 6.45) is 9.59. The molecule has 7 heteroatoms. The number of likely N-dealkylation sites (tertiary alicyclic amines) is 1. The van der Waals surface area contributed by atoms with E-state index in [2.05, 4.69) is 45.4 Å². The molecule has 1 aliphatic heterocycles. The second-order valence-corrected chi connectivity index (χ2v) is 10.8. The Bertz CT molecular complexity index is 1570. The molecule has 7 nitrogen and oxygen atoms in total. The lowest BCUT2D eigenvalue weighted by molar-refractivity contribution is -0.113. The van der Waals surface area contributed by atoms with E-state index in [4.69, 9.17) is 0 Å². The van der Waals surface area contributed by atoms with Gasteiger partial charge in [-0.15, -0.1) is 0 Å². The van der Waals surface area contributed by atoms with Crippen LogP contribution in [0.5, 0.6) is 0 Å². The van der Waals surface area contributed by atoms with Crippen LogP contribution in [0.15, 0.2) is 84.8 Å². The Morgan fingerprint density at radius 1 is 1.05 bits per heavy atom. The Balaban J connectivity index is 1.15. The lowest BCUT2D eigenvalue weighted by Crippen LogP contribution is -2.32. The Hall–Kier alpha value is -4.23. The number of carbonyl (C=O) groups excluding carboxylic acids is 2. The van der Waals surface area contributed by atoms with Crippen LogP contribution in [0, 0.1) is 5.92 Å². The fourth-order valence-corrected chi connectivity index (χ4v) is 5.37. The van der Waals surface area contributed by atoms with Crippen molar-refractivity contribution >= 4 is 28.2 Å². The molecule has 2 aromatic heterocycles. The Kier molecular flexibility index (Phi) is 6.99. The molecule has 0 radical (unpaired) electrons. The van der Waals surface area contributed by atoms with Gasteiger partial charge >= 0.3 is 0 Å². The predicted octanol–water partition coefficient (Wildman–Crippen LogP) is 5.31. The van der Waals surface area contributed by atoms with Crippen molar-refractivity contribution in [1.29, 1.82) is 0 Å². The van der Waals surface area contributed by atoms with Crippen molar-refractivity contribution in [2.45, 2.75) is 39.3 Å². The SMILES string of the molecule is CC1CCN(Cc2ccc3[nH]c(C4=CC(NC(=O)c5cnn(Cc6ccccc6)c5)=CCC4=O)cc3c2)CC1. The number of nitrogens with one attached hydrogen (secondary N) is 2. The highest BCUT2D eigenvalue weighted by Crippen LogP contribution is 2.27. The smallest absolute Gasteiger partial charge is 0.258 e. The van der Waals surface area contributed by atoms with Crippen molar-refractivity contribution in [2.75, 3.05) is 13.1 Å². The molecule has 1 amide bonds. The van der Waals surface area contributed by atoms with Crippen molar-refractivity contribution in [2.24, 2.45) is 5.92 Å². The highest BCUT2D eigenvalue weighted by Gasteiger charge is 2.21. The monoisotopic (exact) mass is 519 g/mol. The summed E-state index contributed by atoms with van der Waals surface area (Å²) in [5, 5.41) is 8.37. The average Bonchev–Trinajstić information content (AvgIpc) is 3.59. The van der Waals surface area contributed by atoms with Gasteiger partial charge in [0.2, 0.25) is 0 Å². The van der Waals surface area contributed by atoms with E-state index < -0.39 is 0 Å². The number of hydrogen-bond acceptors (Lipinski definition) is 4. The van der Waals surface area contributed by atoms with Crippen molar-refractivity contribution in [1.82, 2.24) is 25.0 Å². The highest BCUT2D eigenvalue weighted by molar-refractivity contribution is 6.23. The van der Waals surface area contributed by atoms with Gasteiger partial charge in [-0.25, -0.2) is 0 Å². The summed E-state index contributed by atoms with van der Waals surface area (Å²) >= 11 is 0. The molecule has 0 bridgehead atoms. The van der Waals surface area contributed by atoms with Gasteiger partial charge in [0.15, 0.2) is 5.78 Å². The van der Waals surface area contributed by atoms with E-state index in [1.54, 1.807) is 29.2 Å². The number of piperidine rings is 1. The zero-order valence-electron chi connectivity index (χ0n) is 22.2. The number of nitrogens with zero attached hydrogens (tertiary/aromatic N) is 3. The highest BCUT2D eigenvalue weighted by atomic mass is 16.1. The summed E-state index contributed by atoms with van der Waals surface area (Å²) in [6, 6.07) is 18.5. The zero-order chi connectivity index (χ0) is 26.8. The van der Waals surface area contributed by atoms with Gasteiger partial charge in [0, 0.05) is 41.3 Å². The molecule has 0 unspecified atom stereocenters. The van der Waals surface area contributed by atoms with Gasteiger partial charge < -0.3 is 10.3 Å². The number of aromatic nitrogens is 3. The number of allylic oxidation sites excluding steroid dienone is 3. The number of ketones is 1. The molecule has 0 spiro atoms. The van der Waals surface area contributed by atoms with E-state index in [0.29, 0.717) is 23.4 Å². The topological polar surface area (TPSA) is 83.0 Å². The minimum atomic E-state index is -0.251. The number of carbonyl (C=O) groups is 2. The third-order valence-corrected chi connectivity index (χ3v) is 7.71. The second kappa shape index (κ2) is 10.9. The van der Waals surface area contributed by atoms with Crippen LogP contribution >= 0.6 is 0 Å².